The third-order valence-electron chi connectivity index (χ3n) is 3.10. The average molecular weight is 328 g/mol. The smallest absolute Gasteiger partial charge is 0.335 e. The highest BCUT2D eigenvalue weighted by molar-refractivity contribution is 7.92. The van der Waals surface area contributed by atoms with Crippen LogP contribution in [0.1, 0.15) is 40.5 Å². The van der Waals surface area contributed by atoms with Gasteiger partial charge in [0.1, 0.15) is 0 Å². The standard InChI is InChI=1S/C14H20N2O5S/c1-4-5-6-15-13(17)10-7-11(14(18)19)9-12(8-10)16(2)22(3,20)21/h7-9H,4-6H2,1-3H3,(H,15,17)(H,18,19). The molecule has 0 aliphatic heterocycles. The lowest BCUT2D eigenvalue weighted by atomic mass is 10.1. The molecule has 0 fully saturated rings. The maximum Gasteiger partial charge on any atom is 0.335 e. The van der Waals surface area contributed by atoms with Crippen molar-refractivity contribution in [2.45, 2.75) is 19.8 Å². The molecule has 22 heavy (non-hydrogen) atoms. The Kier molecular flexibility index (Phi) is 5.92. The first-order valence-electron chi connectivity index (χ1n) is 6.77. The van der Waals surface area contributed by atoms with Crippen molar-refractivity contribution in [3.05, 3.63) is 29.3 Å². The summed E-state index contributed by atoms with van der Waals surface area (Å²) in [6.45, 7) is 2.46. The molecule has 0 aromatic heterocycles. The number of benzene rings is 1. The number of nitrogens with one attached hydrogen (secondary N) is 1. The van der Waals surface area contributed by atoms with Crippen molar-refractivity contribution in [3.63, 3.8) is 0 Å². The molecule has 1 aromatic rings. The third kappa shape index (κ3) is 4.73. The van der Waals surface area contributed by atoms with Crippen LogP contribution >= 0.6 is 0 Å². The number of amides is 1. The van der Waals surface area contributed by atoms with Crippen LogP contribution in [0.3, 0.4) is 0 Å². The van der Waals surface area contributed by atoms with Gasteiger partial charge < -0.3 is 10.4 Å². The maximum absolute atomic E-state index is 12.0. The molecule has 2 N–H and O–H groups in total. The topological polar surface area (TPSA) is 104 Å². The molecule has 0 heterocycles. The minimum absolute atomic E-state index is 0.113. The summed E-state index contributed by atoms with van der Waals surface area (Å²) in [6.07, 6.45) is 2.72. The molecule has 1 amide bonds. The molecule has 7 nitrogen and oxygen atoms in total. The third-order valence-corrected chi connectivity index (χ3v) is 4.31. The monoisotopic (exact) mass is 328 g/mol. The fourth-order valence-electron chi connectivity index (χ4n) is 1.72. The molecule has 0 spiro atoms. The Labute approximate surface area is 130 Å². The van der Waals surface area contributed by atoms with Crippen LogP contribution in [0.25, 0.3) is 0 Å². The summed E-state index contributed by atoms with van der Waals surface area (Å²) in [5.41, 5.74) is 0.0955. The van der Waals surface area contributed by atoms with Crippen LogP contribution in [-0.2, 0) is 10.0 Å². The quantitative estimate of drug-likeness (QED) is 0.735. The normalized spacial score (nSPS) is 11.0. The highest BCUT2D eigenvalue weighted by Crippen LogP contribution is 2.20. The second-order valence-electron chi connectivity index (χ2n) is 4.91. The fourth-order valence-corrected chi connectivity index (χ4v) is 2.21. The van der Waals surface area contributed by atoms with Crippen LogP contribution in [-0.4, -0.2) is 45.2 Å². The summed E-state index contributed by atoms with van der Waals surface area (Å²) in [5, 5.41) is 11.8. The van der Waals surface area contributed by atoms with Crippen molar-refractivity contribution in [1.29, 1.82) is 0 Å². The first-order valence-corrected chi connectivity index (χ1v) is 8.62. The molecular formula is C14H20N2O5S. The zero-order chi connectivity index (χ0) is 16.9. The SMILES string of the molecule is CCCCNC(=O)c1cc(C(=O)O)cc(N(C)S(C)(=O)=O)c1. The van der Waals surface area contributed by atoms with Crippen molar-refractivity contribution in [2.24, 2.45) is 0 Å². The van der Waals surface area contributed by atoms with E-state index in [1.54, 1.807) is 0 Å². The van der Waals surface area contributed by atoms with Crippen LogP contribution in [0.15, 0.2) is 18.2 Å². The van der Waals surface area contributed by atoms with Crippen LogP contribution < -0.4 is 9.62 Å². The van der Waals surface area contributed by atoms with Gasteiger partial charge in [0, 0.05) is 19.2 Å². The molecule has 0 aliphatic rings. The van der Waals surface area contributed by atoms with Crippen LogP contribution in [0.2, 0.25) is 0 Å². The molecule has 0 radical (unpaired) electrons. The molecule has 0 aliphatic carbocycles. The Morgan fingerprint density at radius 3 is 2.32 bits per heavy atom. The molecule has 0 atom stereocenters. The number of anilines is 1. The largest absolute Gasteiger partial charge is 0.478 e. The van der Waals surface area contributed by atoms with E-state index < -0.39 is 21.9 Å². The fraction of sp³-hybridized carbons (Fsp3) is 0.429. The van der Waals surface area contributed by atoms with Crippen molar-refractivity contribution < 1.29 is 23.1 Å². The van der Waals surface area contributed by atoms with E-state index in [2.05, 4.69) is 5.32 Å². The number of carboxylic acid groups (broad SMARTS) is 1. The summed E-state index contributed by atoms with van der Waals surface area (Å²) >= 11 is 0. The van der Waals surface area contributed by atoms with Crippen molar-refractivity contribution in [1.82, 2.24) is 5.32 Å². The number of carbonyl (C=O) groups is 2. The molecular weight excluding hydrogens is 308 g/mol. The summed E-state index contributed by atoms with van der Waals surface area (Å²) in [5.74, 6) is -1.66. The molecule has 8 heteroatoms. The first-order chi connectivity index (χ1) is 10.2. The molecule has 0 unspecified atom stereocenters. The Morgan fingerprint density at radius 1 is 1.23 bits per heavy atom. The van der Waals surface area contributed by atoms with Gasteiger partial charge in [-0.05, 0) is 24.6 Å². The van der Waals surface area contributed by atoms with Gasteiger partial charge in [-0.15, -0.1) is 0 Å². The van der Waals surface area contributed by atoms with Gasteiger partial charge >= 0.3 is 5.97 Å². The van der Waals surface area contributed by atoms with Crippen molar-refractivity contribution in [3.8, 4) is 0 Å². The van der Waals surface area contributed by atoms with E-state index >= 15 is 0 Å². The highest BCUT2D eigenvalue weighted by Gasteiger charge is 2.18. The second kappa shape index (κ2) is 7.26. The number of carboxylic acids is 1. The van der Waals surface area contributed by atoms with E-state index in [4.69, 9.17) is 5.11 Å². The summed E-state index contributed by atoms with van der Waals surface area (Å²) in [7, 11) is -2.25. The molecule has 0 saturated carbocycles. The first kappa shape index (κ1) is 18.0. The van der Waals surface area contributed by atoms with Gasteiger partial charge in [-0.1, -0.05) is 13.3 Å². The lowest BCUT2D eigenvalue weighted by molar-refractivity contribution is 0.0697. The van der Waals surface area contributed by atoms with E-state index in [-0.39, 0.29) is 16.8 Å². The number of sulfonamides is 1. The van der Waals surface area contributed by atoms with E-state index in [0.29, 0.717) is 6.54 Å². The minimum Gasteiger partial charge on any atom is -0.478 e. The average Bonchev–Trinajstić information content (AvgIpc) is 2.45. The highest BCUT2D eigenvalue weighted by atomic mass is 32.2. The molecule has 122 valence electrons. The van der Waals surface area contributed by atoms with Crippen LogP contribution in [0.4, 0.5) is 5.69 Å². The maximum atomic E-state index is 12.0. The lowest BCUT2D eigenvalue weighted by Gasteiger charge is -2.18. The van der Waals surface area contributed by atoms with Gasteiger partial charge in [0.15, 0.2) is 0 Å². The number of carbonyl (C=O) groups excluding carboxylic acids is 1. The van der Waals surface area contributed by atoms with Gasteiger partial charge in [-0.25, -0.2) is 13.2 Å². The van der Waals surface area contributed by atoms with E-state index in [9.17, 15) is 18.0 Å². The van der Waals surface area contributed by atoms with E-state index in [1.807, 2.05) is 6.92 Å². The van der Waals surface area contributed by atoms with Gasteiger partial charge in [-0.2, -0.15) is 0 Å². The van der Waals surface area contributed by atoms with Gasteiger partial charge in [-0.3, -0.25) is 9.10 Å². The number of hydrogen-bond donors (Lipinski definition) is 2. The summed E-state index contributed by atoms with van der Waals surface area (Å²) in [6, 6.07) is 3.80. The predicted molar refractivity (Wildman–Crippen MR) is 83.9 cm³/mol. The molecule has 1 aromatic carbocycles. The van der Waals surface area contributed by atoms with Crippen LogP contribution in [0, 0.1) is 0 Å². The molecule has 1 rings (SSSR count). The number of unbranched alkanes of at least 4 members (excludes halogenated alkanes) is 1. The van der Waals surface area contributed by atoms with Gasteiger partial charge in [0.25, 0.3) is 5.91 Å². The van der Waals surface area contributed by atoms with Crippen LogP contribution in [0.5, 0.6) is 0 Å². The summed E-state index contributed by atoms with van der Waals surface area (Å²) in [4.78, 5) is 23.2. The van der Waals surface area contributed by atoms with E-state index in [0.717, 1.165) is 23.4 Å². The Bertz CT molecular complexity index is 670. The predicted octanol–water partition coefficient (Wildman–Crippen LogP) is 1.31. The van der Waals surface area contributed by atoms with Crippen molar-refractivity contribution in [2.75, 3.05) is 24.2 Å². The van der Waals surface area contributed by atoms with Gasteiger partial charge in [0.05, 0.1) is 17.5 Å². The van der Waals surface area contributed by atoms with Crippen molar-refractivity contribution >= 4 is 27.6 Å². The Morgan fingerprint density at radius 2 is 1.82 bits per heavy atom. The Balaban J connectivity index is 3.20. The zero-order valence-electron chi connectivity index (χ0n) is 12.8. The number of nitrogens with zero attached hydrogens (tertiary/aromatic N) is 1. The lowest BCUT2D eigenvalue weighted by Crippen LogP contribution is -2.27. The number of rotatable bonds is 7. The second-order valence-corrected chi connectivity index (χ2v) is 6.93. The molecule has 0 bridgehead atoms. The van der Waals surface area contributed by atoms with Gasteiger partial charge in [0.2, 0.25) is 10.0 Å². The Hall–Kier alpha value is -2.09. The minimum atomic E-state index is -3.55. The summed E-state index contributed by atoms with van der Waals surface area (Å²) < 4.78 is 24.1. The number of hydrogen-bond acceptors (Lipinski definition) is 4. The van der Waals surface area contributed by atoms with E-state index in [1.165, 1.54) is 25.2 Å². The zero-order valence-corrected chi connectivity index (χ0v) is 13.6. The molecule has 0 saturated heterocycles. The number of aromatic carboxylic acids is 1.